The van der Waals surface area contributed by atoms with Gasteiger partial charge in [0.2, 0.25) is 0 Å². The number of anilines is 1. The number of fused-ring (bicyclic) bond motifs is 1. The first-order chi connectivity index (χ1) is 15.5. The SMILES string of the molecule is CC/C(=C\CN1CCN(C(=O)Nc2ccc(F)cc2)CC1)c1ccc2cc(F)ccc2c1. The van der Waals surface area contributed by atoms with Crippen molar-refractivity contribution in [3.8, 4) is 0 Å². The molecule has 4 rings (SSSR count). The van der Waals surface area contributed by atoms with Gasteiger partial charge in [0.05, 0.1) is 0 Å². The molecule has 1 N–H and O–H groups in total. The van der Waals surface area contributed by atoms with Gasteiger partial charge in [-0.2, -0.15) is 0 Å². The maximum absolute atomic E-state index is 13.4. The topological polar surface area (TPSA) is 35.6 Å². The Labute approximate surface area is 187 Å². The Kier molecular flexibility index (Phi) is 6.81. The Balaban J connectivity index is 1.33. The number of amides is 2. The van der Waals surface area contributed by atoms with Crippen molar-refractivity contribution in [3.05, 3.63) is 83.9 Å². The molecule has 1 fully saturated rings. The van der Waals surface area contributed by atoms with E-state index in [-0.39, 0.29) is 17.7 Å². The fourth-order valence-corrected chi connectivity index (χ4v) is 3.99. The van der Waals surface area contributed by atoms with Gasteiger partial charge >= 0.3 is 6.03 Å². The summed E-state index contributed by atoms with van der Waals surface area (Å²) in [6, 6.07) is 16.6. The number of nitrogens with one attached hydrogen (secondary N) is 1. The highest BCUT2D eigenvalue weighted by Gasteiger charge is 2.20. The number of carbonyl (C=O) groups is 1. The molecule has 3 aromatic rings. The Morgan fingerprint density at radius 1 is 0.906 bits per heavy atom. The summed E-state index contributed by atoms with van der Waals surface area (Å²) in [6.45, 7) is 5.83. The number of nitrogens with zero attached hydrogens (tertiary/aromatic N) is 2. The highest BCUT2D eigenvalue weighted by Crippen LogP contribution is 2.24. The molecule has 6 heteroatoms. The number of benzene rings is 3. The van der Waals surface area contributed by atoms with E-state index < -0.39 is 0 Å². The standard InChI is InChI=1S/C26H27F2N3O/c1-2-19(20-3-4-22-18-24(28)6-5-21(22)17-20)11-12-30-13-15-31(16-14-30)26(32)29-25-9-7-23(27)8-10-25/h3-11,17-18H,2,12-16H2,1H3,(H,29,32)/b19-11+. The minimum atomic E-state index is -0.325. The fraction of sp³-hybridized carbons (Fsp3) is 0.269. The first-order valence-corrected chi connectivity index (χ1v) is 10.9. The van der Waals surface area contributed by atoms with E-state index in [0.717, 1.165) is 42.4 Å². The van der Waals surface area contributed by atoms with E-state index in [4.69, 9.17) is 0 Å². The second kappa shape index (κ2) is 9.92. The number of urea groups is 1. The summed E-state index contributed by atoms with van der Waals surface area (Å²) in [5.74, 6) is -0.546. The normalized spacial score (nSPS) is 15.2. The molecule has 0 bridgehead atoms. The highest BCUT2D eigenvalue weighted by atomic mass is 19.1. The molecule has 0 aromatic heterocycles. The molecule has 32 heavy (non-hydrogen) atoms. The van der Waals surface area contributed by atoms with E-state index >= 15 is 0 Å². The molecule has 0 spiro atoms. The van der Waals surface area contributed by atoms with Crippen molar-refractivity contribution in [3.63, 3.8) is 0 Å². The summed E-state index contributed by atoms with van der Waals surface area (Å²) in [5.41, 5.74) is 3.00. The molecule has 1 aliphatic heterocycles. The van der Waals surface area contributed by atoms with Crippen molar-refractivity contribution in [2.75, 3.05) is 38.0 Å². The minimum absolute atomic E-state index is 0.159. The number of piperazine rings is 1. The molecule has 1 heterocycles. The number of hydrogen-bond acceptors (Lipinski definition) is 2. The molecular weight excluding hydrogens is 408 g/mol. The van der Waals surface area contributed by atoms with Crippen molar-refractivity contribution >= 4 is 28.1 Å². The van der Waals surface area contributed by atoms with Crippen molar-refractivity contribution in [1.29, 1.82) is 0 Å². The van der Waals surface area contributed by atoms with E-state index in [1.54, 1.807) is 23.1 Å². The van der Waals surface area contributed by atoms with E-state index in [9.17, 15) is 13.6 Å². The van der Waals surface area contributed by atoms with E-state index in [2.05, 4.69) is 35.3 Å². The summed E-state index contributed by atoms with van der Waals surface area (Å²) in [4.78, 5) is 16.6. The molecule has 1 saturated heterocycles. The maximum Gasteiger partial charge on any atom is 0.321 e. The first-order valence-electron chi connectivity index (χ1n) is 10.9. The Morgan fingerprint density at radius 2 is 1.56 bits per heavy atom. The van der Waals surface area contributed by atoms with Crippen LogP contribution in [0.25, 0.3) is 16.3 Å². The lowest BCUT2D eigenvalue weighted by atomic mass is 9.99. The van der Waals surface area contributed by atoms with Crippen LogP contribution in [-0.2, 0) is 0 Å². The van der Waals surface area contributed by atoms with Crippen LogP contribution in [0, 0.1) is 11.6 Å². The number of halogens is 2. The van der Waals surface area contributed by atoms with Gasteiger partial charge in [0.1, 0.15) is 11.6 Å². The Bertz CT molecular complexity index is 1120. The zero-order valence-corrected chi connectivity index (χ0v) is 18.2. The van der Waals surface area contributed by atoms with Crippen LogP contribution in [0.5, 0.6) is 0 Å². The van der Waals surface area contributed by atoms with E-state index in [0.29, 0.717) is 18.8 Å². The predicted octanol–water partition coefficient (Wildman–Crippen LogP) is 5.76. The number of allylic oxidation sites excluding steroid dienone is 1. The van der Waals surface area contributed by atoms with Crippen LogP contribution in [0.15, 0.2) is 66.7 Å². The molecular formula is C26H27F2N3O. The zero-order chi connectivity index (χ0) is 22.5. The van der Waals surface area contributed by atoms with Crippen LogP contribution < -0.4 is 5.32 Å². The van der Waals surface area contributed by atoms with Crippen LogP contribution in [0.1, 0.15) is 18.9 Å². The van der Waals surface area contributed by atoms with Crippen molar-refractivity contribution in [2.24, 2.45) is 0 Å². The summed E-state index contributed by atoms with van der Waals surface area (Å²) in [5, 5.41) is 4.75. The van der Waals surface area contributed by atoms with Crippen LogP contribution in [0.4, 0.5) is 19.3 Å². The lowest BCUT2D eigenvalue weighted by Crippen LogP contribution is -2.49. The fourth-order valence-electron chi connectivity index (χ4n) is 3.99. The van der Waals surface area contributed by atoms with Crippen LogP contribution in [-0.4, -0.2) is 48.6 Å². The third-order valence-corrected chi connectivity index (χ3v) is 5.90. The summed E-state index contributed by atoms with van der Waals surface area (Å²) >= 11 is 0. The smallest absolute Gasteiger partial charge is 0.321 e. The predicted molar refractivity (Wildman–Crippen MR) is 126 cm³/mol. The van der Waals surface area contributed by atoms with Crippen LogP contribution in [0.2, 0.25) is 0 Å². The molecule has 1 aliphatic rings. The van der Waals surface area contributed by atoms with Crippen LogP contribution >= 0.6 is 0 Å². The molecule has 0 saturated carbocycles. The van der Waals surface area contributed by atoms with Gasteiger partial charge in [0.25, 0.3) is 0 Å². The molecule has 0 aliphatic carbocycles. The average Bonchev–Trinajstić information content (AvgIpc) is 2.81. The molecule has 166 valence electrons. The summed E-state index contributed by atoms with van der Waals surface area (Å²) < 4.78 is 26.5. The van der Waals surface area contributed by atoms with Gasteiger partial charge in [-0.05, 0) is 70.8 Å². The quantitative estimate of drug-likeness (QED) is 0.553. The molecule has 0 atom stereocenters. The monoisotopic (exact) mass is 435 g/mol. The van der Waals surface area contributed by atoms with Gasteiger partial charge in [-0.15, -0.1) is 0 Å². The second-order valence-corrected chi connectivity index (χ2v) is 8.01. The minimum Gasteiger partial charge on any atom is -0.322 e. The Hall–Kier alpha value is -3.25. The highest BCUT2D eigenvalue weighted by molar-refractivity contribution is 5.89. The molecule has 0 radical (unpaired) electrons. The molecule has 2 amide bonds. The van der Waals surface area contributed by atoms with Gasteiger partial charge in [-0.1, -0.05) is 31.2 Å². The lowest BCUT2D eigenvalue weighted by molar-refractivity contribution is 0.156. The molecule has 0 unspecified atom stereocenters. The van der Waals surface area contributed by atoms with Crippen molar-refractivity contribution in [1.82, 2.24) is 9.80 Å². The van der Waals surface area contributed by atoms with Gasteiger partial charge in [-0.3, -0.25) is 4.90 Å². The Morgan fingerprint density at radius 3 is 2.28 bits per heavy atom. The van der Waals surface area contributed by atoms with E-state index in [1.807, 2.05) is 12.1 Å². The first kappa shape index (κ1) is 22.0. The van der Waals surface area contributed by atoms with Crippen molar-refractivity contribution in [2.45, 2.75) is 13.3 Å². The lowest BCUT2D eigenvalue weighted by Gasteiger charge is -2.34. The summed E-state index contributed by atoms with van der Waals surface area (Å²) in [7, 11) is 0. The van der Waals surface area contributed by atoms with E-state index in [1.165, 1.54) is 23.8 Å². The van der Waals surface area contributed by atoms with Gasteiger partial charge in [-0.25, -0.2) is 13.6 Å². The van der Waals surface area contributed by atoms with Crippen LogP contribution in [0.3, 0.4) is 0 Å². The number of hydrogen-bond donors (Lipinski definition) is 1. The number of carbonyl (C=O) groups excluding carboxylic acids is 1. The zero-order valence-electron chi connectivity index (χ0n) is 18.2. The third kappa shape index (κ3) is 5.32. The largest absolute Gasteiger partial charge is 0.322 e. The van der Waals surface area contributed by atoms with Gasteiger partial charge in [0.15, 0.2) is 0 Å². The van der Waals surface area contributed by atoms with Crippen molar-refractivity contribution < 1.29 is 13.6 Å². The average molecular weight is 436 g/mol. The molecule has 4 nitrogen and oxygen atoms in total. The van der Waals surface area contributed by atoms with Gasteiger partial charge in [0, 0.05) is 38.4 Å². The van der Waals surface area contributed by atoms with Gasteiger partial charge < -0.3 is 10.2 Å². The molecule has 3 aromatic carbocycles. The third-order valence-electron chi connectivity index (χ3n) is 5.90. The maximum atomic E-state index is 13.4. The summed E-state index contributed by atoms with van der Waals surface area (Å²) in [6.07, 6.45) is 3.16. The second-order valence-electron chi connectivity index (χ2n) is 8.01. The number of rotatable bonds is 5.